The number of hydrogen-bond donors (Lipinski definition) is 2. The lowest BCUT2D eigenvalue weighted by molar-refractivity contribution is -0.383. The third-order valence-corrected chi connectivity index (χ3v) is 5.86. The molecular formula is C19H20N4O4S. The van der Waals surface area contributed by atoms with Gasteiger partial charge in [0, 0.05) is 36.1 Å². The number of anilines is 1. The van der Waals surface area contributed by atoms with Crippen LogP contribution in [0.1, 0.15) is 20.9 Å². The fourth-order valence-electron chi connectivity index (χ4n) is 3.41. The van der Waals surface area contributed by atoms with E-state index in [0.717, 1.165) is 33.7 Å². The first-order valence-electron chi connectivity index (χ1n) is 8.99. The van der Waals surface area contributed by atoms with Crippen LogP contribution in [-0.4, -0.2) is 47.0 Å². The number of aromatic amines is 1. The number of amides is 1. The standard InChI is InChI=1S/C19H20N4O4S/c1-12-10-15-18(28-12)13(11-22-6-8-27-9-7-22)17(20-15)19(24)21-14-4-2-3-5-16(14)23(25)26/h2-5,10,20H,6-9,11H2,1H3,(H,21,24). The van der Waals surface area contributed by atoms with E-state index in [1.807, 2.05) is 13.0 Å². The van der Waals surface area contributed by atoms with Crippen molar-refractivity contribution in [2.45, 2.75) is 13.5 Å². The molecule has 2 N–H and O–H groups in total. The Kier molecular flexibility index (Phi) is 5.12. The van der Waals surface area contributed by atoms with Gasteiger partial charge in [0.2, 0.25) is 0 Å². The first-order valence-corrected chi connectivity index (χ1v) is 9.80. The highest BCUT2D eigenvalue weighted by Crippen LogP contribution is 2.33. The van der Waals surface area contributed by atoms with E-state index in [9.17, 15) is 14.9 Å². The van der Waals surface area contributed by atoms with Gasteiger partial charge in [0.25, 0.3) is 11.6 Å². The number of morpholine rings is 1. The van der Waals surface area contributed by atoms with Crippen LogP contribution in [0.25, 0.3) is 10.2 Å². The van der Waals surface area contributed by atoms with Crippen molar-refractivity contribution >= 4 is 38.8 Å². The van der Waals surface area contributed by atoms with E-state index in [2.05, 4.69) is 15.2 Å². The Morgan fingerprint density at radius 1 is 1.36 bits per heavy atom. The van der Waals surface area contributed by atoms with Crippen LogP contribution in [-0.2, 0) is 11.3 Å². The second-order valence-corrected chi connectivity index (χ2v) is 7.95. The van der Waals surface area contributed by atoms with Gasteiger partial charge in [-0.1, -0.05) is 12.1 Å². The van der Waals surface area contributed by atoms with Crippen molar-refractivity contribution in [1.29, 1.82) is 0 Å². The summed E-state index contributed by atoms with van der Waals surface area (Å²) in [4.78, 5) is 30.4. The molecule has 0 bridgehead atoms. The number of fused-ring (bicyclic) bond motifs is 1. The van der Waals surface area contributed by atoms with Gasteiger partial charge >= 0.3 is 0 Å². The van der Waals surface area contributed by atoms with Crippen LogP contribution >= 0.6 is 11.3 Å². The summed E-state index contributed by atoms with van der Waals surface area (Å²) in [5.41, 5.74) is 2.34. The van der Waals surface area contributed by atoms with E-state index < -0.39 is 4.92 Å². The molecule has 1 aliphatic rings. The highest BCUT2D eigenvalue weighted by molar-refractivity contribution is 7.19. The number of aryl methyl sites for hydroxylation is 1. The SMILES string of the molecule is Cc1cc2[nH]c(C(=O)Nc3ccccc3[N+](=O)[O-])c(CN3CCOCC3)c2s1. The molecule has 0 aliphatic carbocycles. The molecule has 1 saturated heterocycles. The van der Waals surface area contributed by atoms with Crippen molar-refractivity contribution in [1.82, 2.24) is 9.88 Å². The number of carbonyl (C=O) groups excluding carboxylic acids is 1. The van der Waals surface area contributed by atoms with Crippen LogP contribution in [0, 0.1) is 17.0 Å². The molecule has 0 unspecified atom stereocenters. The molecule has 3 aromatic rings. The Hall–Kier alpha value is -2.75. The molecule has 2 aromatic heterocycles. The third kappa shape index (κ3) is 3.64. The zero-order valence-electron chi connectivity index (χ0n) is 15.4. The molecule has 0 spiro atoms. The molecule has 1 amide bonds. The Bertz CT molecular complexity index is 1040. The predicted molar refractivity (Wildman–Crippen MR) is 108 cm³/mol. The minimum absolute atomic E-state index is 0.130. The van der Waals surface area contributed by atoms with Gasteiger partial charge < -0.3 is 15.0 Å². The van der Waals surface area contributed by atoms with Crippen molar-refractivity contribution in [2.75, 3.05) is 31.6 Å². The van der Waals surface area contributed by atoms with Gasteiger partial charge in [0.15, 0.2) is 0 Å². The Morgan fingerprint density at radius 2 is 2.11 bits per heavy atom. The zero-order valence-corrected chi connectivity index (χ0v) is 16.2. The summed E-state index contributed by atoms with van der Waals surface area (Å²) in [6, 6.07) is 8.16. The number of aromatic nitrogens is 1. The van der Waals surface area contributed by atoms with Crippen LogP contribution in [0.5, 0.6) is 0 Å². The summed E-state index contributed by atoms with van der Waals surface area (Å²) in [7, 11) is 0. The van der Waals surface area contributed by atoms with E-state index in [-0.39, 0.29) is 17.3 Å². The van der Waals surface area contributed by atoms with Crippen molar-refractivity contribution in [3.8, 4) is 0 Å². The minimum Gasteiger partial charge on any atom is -0.379 e. The number of nitro benzene ring substituents is 1. The minimum atomic E-state index is -0.499. The lowest BCUT2D eigenvalue weighted by Crippen LogP contribution is -2.36. The normalized spacial score (nSPS) is 15.0. The Balaban J connectivity index is 1.67. The van der Waals surface area contributed by atoms with Gasteiger partial charge in [-0.2, -0.15) is 0 Å². The molecule has 1 aliphatic heterocycles. The second kappa shape index (κ2) is 7.70. The summed E-state index contributed by atoms with van der Waals surface area (Å²) >= 11 is 1.64. The number of nitrogens with zero attached hydrogens (tertiary/aromatic N) is 2. The number of thiophene rings is 1. The summed E-state index contributed by atoms with van der Waals surface area (Å²) in [6.07, 6.45) is 0. The molecule has 3 heterocycles. The predicted octanol–water partition coefficient (Wildman–Crippen LogP) is 3.53. The quantitative estimate of drug-likeness (QED) is 0.504. The van der Waals surface area contributed by atoms with Crippen molar-refractivity contribution in [2.24, 2.45) is 0 Å². The van der Waals surface area contributed by atoms with Crippen molar-refractivity contribution in [3.63, 3.8) is 0 Å². The smallest absolute Gasteiger partial charge is 0.292 e. The van der Waals surface area contributed by atoms with E-state index in [4.69, 9.17) is 4.74 Å². The Morgan fingerprint density at radius 3 is 2.86 bits per heavy atom. The zero-order chi connectivity index (χ0) is 19.7. The van der Waals surface area contributed by atoms with E-state index in [1.165, 1.54) is 12.1 Å². The molecule has 146 valence electrons. The van der Waals surface area contributed by atoms with Crippen LogP contribution in [0.4, 0.5) is 11.4 Å². The van der Waals surface area contributed by atoms with Gasteiger partial charge in [-0.15, -0.1) is 11.3 Å². The fraction of sp³-hybridized carbons (Fsp3) is 0.316. The summed E-state index contributed by atoms with van der Waals surface area (Å²) in [5.74, 6) is -0.376. The lowest BCUT2D eigenvalue weighted by Gasteiger charge is -2.26. The molecular weight excluding hydrogens is 380 g/mol. The maximum atomic E-state index is 13.0. The average molecular weight is 400 g/mol. The fourth-order valence-corrected chi connectivity index (χ4v) is 4.41. The van der Waals surface area contributed by atoms with Crippen molar-refractivity contribution in [3.05, 3.63) is 56.6 Å². The molecule has 4 rings (SSSR count). The van der Waals surface area contributed by atoms with Gasteiger partial charge in [0.1, 0.15) is 11.4 Å². The van der Waals surface area contributed by atoms with Crippen LogP contribution in [0.3, 0.4) is 0 Å². The Labute approximate surface area is 165 Å². The lowest BCUT2D eigenvalue weighted by atomic mass is 10.2. The second-order valence-electron chi connectivity index (χ2n) is 6.70. The monoisotopic (exact) mass is 400 g/mol. The van der Waals surface area contributed by atoms with Crippen LogP contribution < -0.4 is 5.32 Å². The number of carbonyl (C=O) groups is 1. The van der Waals surface area contributed by atoms with E-state index >= 15 is 0 Å². The van der Waals surface area contributed by atoms with Gasteiger partial charge in [-0.05, 0) is 19.1 Å². The molecule has 0 atom stereocenters. The van der Waals surface area contributed by atoms with Gasteiger partial charge in [-0.3, -0.25) is 19.8 Å². The maximum absolute atomic E-state index is 13.0. The maximum Gasteiger partial charge on any atom is 0.292 e. The largest absolute Gasteiger partial charge is 0.379 e. The van der Waals surface area contributed by atoms with E-state index in [0.29, 0.717) is 25.5 Å². The van der Waals surface area contributed by atoms with Gasteiger partial charge in [0.05, 0.1) is 28.4 Å². The highest BCUT2D eigenvalue weighted by Gasteiger charge is 2.24. The molecule has 0 radical (unpaired) electrons. The van der Waals surface area contributed by atoms with Crippen LogP contribution in [0.15, 0.2) is 30.3 Å². The summed E-state index contributed by atoms with van der Waals surface area (Å²) in [6.45, 7) is 5.63. The first kappa shape index (κ1) is 18.6. The molecule has 1 aromatic carbocycles. The highest BCUT2D eigenvalue weighted by atomic mass is 32.1. The number of H-pyrrole nitrogens is 1. The number of ether oxygens (including phenoxy) is 1. The molecule has 28 heavy (non-hydrogen) atoms. The summed E-state index contributed by atoms with van der Waals surface area (Å²) in [5, 5.41) is 13.9. The van der Waals surface area contributed by atoms with Crippen LogP contribution in [0.2, 0.25) is 0 Å². The van der Waals surface area contributed by atoms with Gasteiger partial charge in [-0.25, -0.2) is 0 Å². The molecule has 1 fully saturated rings. The number of rotatable bonds is 5. The van der Waals surface area contributed by atoms with E-state index in [1.54, 1.807) is 23.5 Å². The third-order valence-electron chi connectivity index (χ3n) is 4.75. The molecule has 8 nitrogen and oxygen atoms in total. The first-order chi connectivity index (χ1) is 13.5. The average Bonchev–Trinajstić information content (AvgIpc) is 3.20. The number of benzene rings is 1. The number of nitro groups is 1. The van der Waals surface area contributed by atoms with Crippen molar-refractivity contribution < 1.29 is 14.5 Å². The number of hydrogen-bond acceptors (Lipinski definition) is 6. The number of nitrogens with one attached hydrogen (secondary N) is 2. The molecule has 0 saturated carbocycles. The number of para-hydroxylation sites is 2. The summed E-state index contributed by atoms with van der Waals surface area (Å²) < 4.78 is 6.47. The topological polar surface area (TPSA) is 100 Å². The molecule has 9 heteroatoms.